The topological polar surface area (TPSA) is 12.0 Å². The lowest BCUT2D eigenvalue weighted by Crippen LogP contribution is -2.31. The number of aryl methyl sites for hydroxylation is 1. The van der Waals surface area contributed by atoms with Crippen molar-refractivity contribution in [1.82, 2.24) is 5.32 Å². The third kappa shape index (κ3) is 4.09. The summed E-state index contributed by atoms with van der Waals surface area (Å²) in [5.41, 5.74) is 4.02. The molecule has 1 nitrogen and oxygen atoms in total. The molecule has 0 aromatic heterocycles. The van der Waals surface area contributed by atoms with E-state index in [4.69, 9.17) is 11.6 Å². The van der Waals surface area contributed by atoms with Crippen molar-refractivity contribution < 1.29 is 0 Å². The van der Waals surface area contributed by atoms with Crippen molar-refractivity contribution in [2.45, 2.75) is 39.3 Å². The lowest BCUT2D eigenvalue weighted by molar-refractivity contribution is 0.476. The highest BCUT2D eigenvalue weighted by atomic mass is 35.5. The highest BCUT2D eigenvalue weighted by Crippen LogP contribution is 2.18. The average molecular weight is 288 g/mol. The van der Waals surface area contributed by atoms with Gasteiger partial charge >= 0.3 is 0 Å². The zero-order chi connectivity index (χ0) is 14.5. The van der Waals surface area contributed by atoms with Crippen LogP contribution in [0.2, 0.25) is 5.02 Å². The Morgan fingerprint density at radius 1 is 1.00 bits per heavy atom. The summed E-state index contributed by atoms with van der Waals surface area (Å²) in [6.45, 7) is 6.61. The molecule has 106 valence electrons. The molecule has 0 bridgehead atoms. The minimum absolute atomic E-state index is 0.360. The van der Waals surface area contributed by atoms with E-state index in [2.05, 4.69) is 62.5 Å². The zero-order valence-corrected chi connectivity index (χ0v) is 13.1. The van der Waals surface area contributed by atoms with Crippen molar-refractivity contribution in [3.63, 3.8) is 0 Å². The van der Waals surface area contributed by atoms with E-state index in [-0.39, 0.29) is 0 Å². The molecule has 1 N–H and O–H groups in total. The van der Waals surface area contributed by atoms with Gasteiger partial charge in [-0.3, -0.25) is 0 Å². The predicted molar refractivity (Wildman–Crippen MR) is 87.3 cm³/mol. The quantitative estimate of drug-likeness (QED) is 0.822. The second kappa shape index (κ2) is 6.92. The molecular weight excluding hydrogens is 266 g/mol. The van der Waals surface area contributed by atoms with Crippen LogP contribution in [0.3, 0.4) is 0 Å². The zero-order valence-electron chi connectivity index (χ0n) is 12.4. The Morgan fingerprint density at radius 3 is 2.30 bits per heavy atom. The second-order valence-corrected chi connectivity index (χ2v) is 5.91. The summed E-state index contributed by atoms with van der Waals surface area (Å²) in [7, 11) is 0. The van der Waals surface area contributed by atoms with Crippen LogP contribution in [0.15, 0.2) is 48.5 Å². The van der Waals surface area contributed by atoms with Crippen LogP contribution < -0.4 is 5.32 Å². The Balaban J connectivity index is 1.96. The van der Waals surface area contributed by atoms with E-state index in [0.29, 0.717) is 12.1 Å². The number of hydrogen-bond acceptors (Lipinski definition) is 1. The van der Waals surface area contributed by atoms with Gasteiger partial charge in [0, 0.05) is 17.1 Å². The first-order valence-corrected chi connectivity index (χ1v) is 7.50. The number of rotatable bonds is 5. The number of benzene rings is 2. The van der Waals surface area contributed by atoms with Crippen molar-refractivity contribution in [1.29, 1.82) is 0 Å². The van der Waals surface area contributed by atoms with Gasteiger partial charge in [0.15, 0.2) is 0 Å². The Labute approximate surface area is 127 Å². The third-order valence-electron chi connectivity index (χ3n) is 3.64. The first-order chi connectivity index (χ1) is 9.56. The Bertz CT molecular complexity index is 548. The van der Waals surface area contributed by atoms with Crippen LogP contribution in [0.5, 0.6) is 0 Å². The average Bonchev–Trinajstić information content (AvgIpc) is 2.41. The molecule has 0 aliphatic heterocycles. The van der Waals surface area contributed by atoms with Crippen LogP contribution in [0.4, 0.5) is 0 Å². The molecule has 2 heteroatoms. The Morgan fingerprint density at radius 2 is 1.65 bits per heavy atom. The largest absolute Gasteiger partial charge is 0.307 e. The van der Waals surface area contributed by atoms with E-state index in [1.165, 1.54) is 16.7 Å². The highest BCUT2D eigenvalue weighted by molar-refractivity contribution is 6.30. The maximum Gasteiger partial charge on any atom is 0.0406 e. The first kappa shape index (κ1) is 15.1. The molecule has 0 radical (unpaired) electrons. The number of nitrogens with one attached hydrogen (secondary N) is 1. The minimum atomic E-state index is 0.360. The summed E-state index contributed by atoms with van der Waals surface area (Å²) in [5, 5.41) is 4.46. The SMILES string of the molecule is Cc1ccccc1C(C)NC(C)Cc1ccc(Cl)cc1. The van der Waals surface area contributed by atoms with Gasteiger partial charge in [0.1, 0.15) is 0 Å². The summed E-state index contributed by atoms with van der Waals surface area (Å²) < 4.78 is 0. The van der Waals surface area contributed by atoms with Crippen molar-refractivity contribution in [2.75, 3.05) is 0 Å². The molecule has 0 heterocycles. The molecule has 0 aliphatic carbocycles. The fourth-order valence-corrected chi connectivity index (χ4v) is 2.75. The molecule has 0 amide bonds. The number of halogens is 1. The summed E-state index contributed by atoms with van der Waals surface area (Å²) in [6.07, 6.45) is 1.01. The smallest absolute Gasteiger partial charge is 0.0406 e. The van der Waals surface area contributed by atoms with Gasteiger partial charge in [-0.15, -0.1) is 0 Å². The van der Waals surface area contributed by atoms with E-state index in [1.54, 1.807) is 0 Å². The predicted octanol–water partition coefficient (Wildman–Crippen LogP) is 4.93. The van der Waals surface area contributed by atoms with Crippen molar-refractivity contribution in [3.05, 3.63) is 70.2 Å². The van der Waals surface area contributed by atoms with E-state index in [0.717, 1.165) is 11.4 Å². The van der Waals surface area contributed by atoms with Gasteiger partial charge in [-0.1, -0.05) is 48.0 Å². The highest BCUT2D eigenvalue weighted by Gasteiger charge is 2.11. The van der Waals surface area contributed by atoms with Gasteiger partial charge in [-0.2, -0.15) is 0 Å². The van der Waals surface area contributed by atoms with Gasteiger partial charge < -0.3 is 5.32 Å². The maximum atomic E-state index is 5.91. The molecule has 2 rings (SSSR count). The summed E-state index contributed by atoms with van der Waals surface area (Å²) in [4.78, 5) is 0. The molecule has 0 fully saturated rings. The Kier molecular flexibility index (Phi) is 5.22. The van der Waals surface area contributed by atoms with Gasteiger partial charge in [0.25, 0.3) is 0 Å². The van der Waals surface area contributed by atoms with Crippen molar-refractivity contribution >= 4 is 11.6 Å². The number of hydrogen-bond donors (Lipinski definition) is 1. The molecule has 0 spiro atoms. The van der Waals surface area contributed by atoms with Crippen LogP contribution in [-0.2, 0) is 6.42 Å². The van der Waals surface area contributed by atoms with Crippen molar-refractivity contribution in [3.8, 4) is 0 Å². The fraction of sp³-hybridized carbons (Fsp3) is 0.333. The fourth-order valence-electron chi connectivity index (χ4n) is 2.62. The molecular formula is C18H22ClN. The molecule has 2 atom stereocenters. The van der Waals surface area contributed by atoms with Gasteiger partial charge in [-0.25, -0.2) is 0 Å². The molecule has 2 aromatic rings. The van der Waals surface area contributed by atoms with E-state index < -0.39 is 0 Å². The standard InChI is InChI=1S/C18H22ClN/c1-13-6-4-5-7-18(13)15(3)20-14(2)12-16-8-10-17(19)11-9-16/h4-11,14-15,20H,12H2,1-3H3. The second-order valence-electron chi connectivity index (χ2n) is 5.48. The molecule has 0 aliphatic rings. The van der Waals surface area contributed by atoms with Crippen LogP contribution in [0.25, 0.3) is 0 Å². The molecule has 0 saturated heterocycles. The molecule has 20 heavy (non-hydrogen) atoms. The van der Waals surface area contributed by atoms with E-state index >= 15 is 0 Å². The van der Waals surface area contributed by atoms with Crippen LogP contribution >= 0.6 is 11.6 Å². The lowest BCUT2D eigenvalue weighted by atomic mass is 10.0. The van der Waals surface area contributed by atoms with E-state index in [1.807, 2.05) is 12.1 Å². The summed E-state index contributed by atoms with van der Waals surface area (Å²) >= 11 is 5.91. The van der Waals surface area contributed by atoms with Gasteiger partial charge in [-0.05, 0) is 56.0 Å². The summed E-state index contributed by atoms with van der Waals surface area (Å²) in [6, 6.07) is 17.4. The molecule has 2 unspecified atom stereocenters. The van der Waals surface area contributed by atoms with Gasteiger partial charge in [0.05, 0.1) is 0 Å². The van der Waals surface area contributed by atoms with Gasteiger partial charge in [0.2, 0.25) is 0 Å². The minimum Gasteiger partial charge on any atom is -0.307 e. The Hall–Kier alpha value is -1.31. The third-order valence-corrected chi connectivity index (χ3v) is 3.90. The van der Waals surface area contributed by atoms with Crippen LogP contribution in [-0.4, -0.2) is 6.04 Å². The van der Waals surface area contributed by atoms with E-state index in [9.17, 15) is 0 Å². The van der Waals surface area contributed by atoms with Crippen molar-refractivity contribution in [2.24, 2.45) is 0 Å². The molecule has 2 aromatic carbocycles. The monoisotopic (exact) mass is 287 g/mol. The maximum absolute atomic E-state index is 5.91. The molecule has 0 saturated carbocycles. The lowest BCUT2D eigenvalue weighted by Gasteiger charge is -2.22. The van der Waals surface area contributed by atoms with Crippen LogP contribution in [0, 0.1) is 6.92 Å². The normalized spacial score (nSPS) is 14.0. The first-order valence-electron chi connectivity index (χ1n) is 7.12. The summed E-state index contributed by atoms with van der Waals surface area (Å²) in [5.74, 6) is 0. The van der Waals surface area contributed by atoms with Crippen LogP contribution in [0.1, 0.15) is 36.6 Å².